The van der Waals surface area contributed by atoms with Crippen molar-refractivity contribution in [2.24, 2.45) is 0 Å². The second kappa shape index (κ2) is 8.53. The molecule has 5 rings (SSSR count). The van der Waals surface area contributed by atoms with Crippen molar-refractivity contribution in [1.29, 1.82) is 0 Å². The minimum atomic E-state index is -0.0506. The highest BCUT2D eigenvalue weighted by Gasteiger charge is 2.21. The summed E-state index contributed by atoms with van der Waals surface area (Å²) in [5.41, 5.74) is 4.13. The van der Waals surface area contributed by atoms with E-state index in [9.17, 15) is 4.79 Å². The molecule has 156 valence electrons. The number of pyridine rings is 1. The third-order valence-electron chi connectivity index (χ3n) is 6.06. The molecule has 1 aliphatic heterocycles. The van der Waals surface area contributed by atoms with E-state index in [2.05, 4.69) is 49.4 Å². The molecule has 2 aliphatic rings. The van der Waals surface area contributed by atoms with E-state index in [1.54, 1.807) is 12.3 Å². The van der Waals surface area contributed by atoms with Crippen LogP contribution >= 0.6 is 0 Å². The molecular formula is C23H27N5O2. The number of imidazole rings is 1. The van der Waals surface area contributed by atoms with Crippen LogP contribution in [-0.4, -0.2) is 58.1 Å². The fraction of sp³-hybridized carbons (Fsp3) is 0.435. The molecule has 3 aromatic rings. The van der Waals surface area contributed by atoms with E-state index in [-0.39, 0.29) is 11.9 Å². The summed E-state index contributed by atoms with van der Waals surface area (Å²) in [7, 11) is 0. The van der Waals surface area contributed by atoms with Gasteiger partial charge in [-0.2, -0.15) is 0 Å². The van der Waals surface area contributed by atoms with Gasteiger partial charge in [-0.05, 0) is 24.5 Å². The monoisotopic (exact) mass is 405 g/mol. The van der Waals surface area contributed by atoms with Crippen LogP contribution in [0.4, 0.5) is 0 Å². The number of hydrogen-bond acceptors (Lipinski definition) is 5. The van der Waals surface area contributed by atoms with Crippen LogP contribution in [0.3, 0.4) is 0 Å². The Bertz CT molecular complexity index is 1020. The molecule has 1 amide bonds. The van der Waals surface area contributed by atoms with Crippen molar-refractivity contribution in [3.05, 3.63) is 47.7 Å². The highest BCUT2D eigenvalue weighted by atomic mass is 16.5. The zero-order valence-corrected chi connectivity index (χ0v) is 17.1. The van der Waals surface area contributed by atoms with Crippen LogP contribution in [-0.2, 0) is 11.3 Å². The molecule has 7 heteroatoms. The van der Waals surface area contributed by atoms with Gasteiger partial charge in [-0.25, -0.2) is 9.97 Å². The second-order valence-corrected chi connectivity index (χ2v) is 8.18. The molecule has 0 spiro atoms. The summed E-state index contributed by atoms with van der Waals surface area (Å²) in [6.07, 6.45) is 6.15. The molecule has 1 saturated carbocycles. The lowest BCUT2D eigenvalue weighted by molar-refractivity contribution is 0.0342. The van der Waals surface area contributed by atoms with Crippen LogP contribution in [0.5, 0.6) is 0 Å². The topological polar surface area (TPSA) is 83.1 Å². The molecule has 3 heterocycles. The van der Waals surface area contributed by atoms with Crippen LogP contribution in [0, 0.1) is 0 Å². The molecule has 2 fully saturated rings. The number of carbonyl (C=O) groups is 1. The molecule has 2 N–H and O–H groups in total. The third-order valence-corrected chi connectivity index (χ3v) is 6.06. The molecule has 0 radical (unpaired) electrons. The van der Waals surface area contributed by atoms with Crippen LogP contribution in [0.15, 0.2) is 36.5 Å². The Morgan fingerprint density at radius 1 is 1.13 bits per heavy atom. The van der Waals surface area contributed by atoms with E-state index in [4.69, 9.17) is 4.74 Å². The summed E-state index contributed by atoms with van der Waals surface area (Å²) in [5.74, 6) is 0.682. The summed E-state index contributed by atoms with van der Waals surface area (Å²) in [5, 5.41) is 3.15. The number of nitrogens with zero attached hydrogens (tertiary/aromatic N) is 3. The highest BCUT2D eigenvalue weighted by molar-refractivity contribution is 6.04. The fourth-order valence-electron chi connectivity index (χ4n) is 4.36. The number of aromatic amines is 1. The van der Waals surface area contributed by atoms with Crippen molar-refractivity contribution in [3.63, 3.8) is 0 Å². The standard InChI is InChI=1S/C23H27N5O2/c29-23(25-18-3-1-2-4-18)19-9-10-24-22-20(19)26-21(27-22)17-7-5-16(6-8-17)15-28-11-13-30-14-12-28/h5-10,18H,1-4,11-15H2,(H,25,29)(H,24,26,27). The number of benzene rings is 1. The molecule has 2 aromatic heterocycles. The average Bonchev–Trinajstić information content (AvgIpc) is 3.44. The molecule has 0 atom stereocenters. The Labute approximate surface area is 175 Å². The maximum atomic E-state index is 12.8. The van der Waals surface area contributed by atoms with Gasteiger partial charge < -0.3 is 15.0 Å². The number of fused-ring (bicyclic) bond motifs is 1. The van der Waals surface area contributed by atoms with E-state index in [0.29, 0.717) is 16.7 Å². The number of rotatable bonds is 5. The van der Waals surface area contributed by atoms with Crippen LogP contribution < -0.4 is 5.32 Å². The van der Waals surface area contributed by atoms with E-state index >= 15 is 0 Å². The van der Waals surface area contributed by atoms with E-state index in [1.807, 2.05) is 0 Å². The van der Waals surface area contributed by atoms with Gasteiger partial charge in [-0.1, -0.05) is 37.1 Å². The molecular weight excluding hydrogens is 378 g/mol. The fourth-order valence-corrected chi connectivity index (χ4v) is 4.36. The lowest BCUT2D eigenvalue weighted by Gasteiger charge is -2.26. The smallest absolute Gasteiger partial charge is 0.253 e. The van der Waals surface area contributed by atoms with Gasteiger partial charge in [0.1, 0.15) is 5.82 Å². The Balaban J connectivity index is 1.35. The summed E-state index contributed by atoms with van der Waals surface area (Å²) in [6.45, 7) is 4.49. The third kappa shape index (κ3) is 4.08. The van der Waals surface area contributed by atoms with Crippen molar-refractivity contribution in [1.82, 2.24) is 25.2 Å². The van der Waals surface area contributed by atoms with E-state index < -0.39 is 0 Å². The average molecular weight is 406 g/mol. The first-order chi connectivity index (χ1) is 14.8. The normalized spacial score (nSPS) is 18.1. The van der Waals surface area contributed by atoms with Crippen molar-refractivity contribution in [2.45, 2.75) is 38.3 Å². The molecule has 1 saturated heterocycles. The number of carbonyl (C=O) groups excluding carboxylic acids is 1. The van der Waals surface area contributed by atoms with Crippen molar-refractivity contribution in [3.8, 4) is 11.4 Å². The van der Waals surface area contributed by atoms with Gasteiger partial charge in [-0.15, -0.1) is 0 Å². The molecule has 7 nitrogen and oxygen atoms in total. The Hall–Kier alpha value is -2.77. The van der Waals surface area contributed by atoms with Gasteiger partial charge >= 0.3 is 0 Å². The van der Waals surface area contributed by atoms with Gasteiger partial charge in [-0.3, -0.25) is 9.69 Å². The molecule has 1 aromatic carbocycles. The molecule has 0 unspecified atom stereocenters. The van der Waals surface area contributed by atoms with Crippen LogP contribution in [0.1, 0.15) is 41.6 Å². The molecule has 0 bridgehead atoms. The first kappa shape index (κ1) is 19.2. The highest BCUT2D eigenvalue weighted by Crippen LogP contribution is 2.24. The predicted octanol–water partition coefficient (Wildman–Crippen LogP) is 3.13. The van der Waals surface area contributed by atoms with Crippen molar-refractivity contribution < 1.29 is 9.53 Å². The Morgan fingerprint density at radius 2 is 1.90 bits per heavy atom. The number of amides is 1. The maximum absolute atomic E-state index is 12.8. The van der Waals surface area contributed by atoms with Crippen LogP contribution in [0.2, 0.25) is 0 Å². The Morgan fingerprint density at radius 3 is 2.67 bits per heavy atom. The molecule has 30 heavy (non-hydrogen) atoms. The summed E-state index contributed by atoms with van der Waals surface area (Å²) in [4.78, 5) is 27.5. The lowest BCUT2D eigenvalue weighted by Crippen LogP contribution is -2.35. The zero-order valence-electron chi connectivity index (χ0n) is 17.1. The van der Waals surface area contributed by atoms with Gasteiger partial charge in [0.05, 0.1) is 24.3 Å². The van der Waals surface area contributed by atoms with Gasteiger partial charge in [0.25, 0.3) is 5.91 Å². The first-order valence-electron chi connectivity index (χ1n) is 10.8. The summed E-state index contributed by atoms with van der Waals surface area (Å²) >= 11 is 0. The first-order valence-corrected chi connectivity index (χ1v) is 10.8. The minimum absolute atomic E-state index is 0.0506. The van der Waals surface area contributed by atoms with Gasteiger partial charge in [0.2, 0.25) is 0 Å². The number of morpholine rings is 1. The van der Waals surface area contributed by atoms with E-state index in [1.165, 1.54) is 18.4 Å². The zero-order chi connectivity index (χ0) is 20.3. The summed E-state index contributed by atoms with van der Waals surface area (Å²) in [6, 6.07) is 10.5. The number of aromatic nitrogens is 3. The van der Waals surface area contributed by atoms with Crippen LogP contribution in [0.25, 0.3) is 22.6 Å². The number of H-pyrrole nitrogens is 1. The summed E-state index contributed by atoms with van der Waals surface area (Å²) < 4.78 is 5.42. The van der Waals surface area contributed by atoms with Gasteiger partial charge in [0.15, 0.2) is 5.65 Å². The number of hydrogen-bond donors (Lipinski definition) is 2. The minimum Gasteiger partial charge on any atom is -0.379 e. The quantitative estimate of drug-likeness (QED) is 0.681. The number of ether oxygens (including phenoxy) is 1. The van der Waals surface area contributed by atoms with Gasteiger partial charge in [0, 0.05) is 37.4 Å². The van der Waals surface area contributed by atoms with E-state index in [0.717, 1.165) is 57.1 Å². The number of nitrogens with one attached hydrogen (secondary N) is 2. The largest absolute Gasteiger partial charge is 0.379 e. The lowest BCUT2D eigenvalue weighted by atomic mass is 10.1. The Kier molecular flexibility index (Phi) is 5.46. The SMILES string of the molecule is O=C(NC1CCCC1)c1ccnc2nc(-c3ccc(CN4CCOCC4)cc3)[nH]c12. The predicted molar refractivity (Wildman–Crippen MR) is 115 cm³/mol. The second-order valence-electron chi connectivity index (χ2n) is 8.18. The maximum Gasteiger partial charge on any atom is 0.253 e. The van der Waals surface area contributed by atoms with Crippen molar-refractivity contribution >= 4 is 17.1 Å². The molecule has 1 aliphatic carbocycles. The van der Waals surface area contributed by atoms with Crippen molar-refractivity contribution in [2.75, 3.05) is 26.3 Å².